The lowest BCUT2D eigenvalue weighted by Gasteiger charge is -2.44. The first-order valence-corrected chi connectivity index (χ1v) is 8.31. The molecule has 0 aromatic rings. The molecule has 2 aliphatic carbocycles. The van der Waals surface area contributed by atoms with Crippen molar-refractivity contribution in [3.8, 4) is 0 Å². The number of rotatable bonds is 3. The lowest BCUT2D eigenvalue weighted by atomic mass is 9.69. The van der Waals surface area contributed by atoms with Crippen LogP contribution >= 0.6 is 0 Å². The Balaban J connectivity index is 1.98. The van der Waals surface area contributed by atoms with Crippen LogP contribution in [0.15, 0.2) is 0 Å². The average Bonchev–Trinajstić information content (AvgIpc) is 2.39. The van der Waals surface area contributed by atoms with E-state index in [1.54, 1.807) is 0 Å². The van der Waals surface area contributed by atoms with Crippen molar-refractivity contribution in [1.29, 1.82) is 0 Å². The molecular formula is C17H33NO. The summed E-state index contributed by atoms with van der Waals surface area (Å²) in [4.78, 5) is 0. The molecule has 19 heavy (non-hydrogen) atoms. The standard InChI is InChI=1S/C17H33NO/c1-17(2,3)13-9-5-6-10-14(13)18-15-11-7-8-12-16(15)19-4/h13-16,18H,5-12H2,1-4H3. The summed E-state index contributed by atoms with van der Waals surface area (Å²) >= 11 is 0. The van der Waals surface area contributed by atoms with Gasteiger partial charge in [-0.3, -0.25) is 0 Å². The van der Waals surface area contributed by atoms with E-state index in [9.17, 15) is 0 Å². The van der Waals surface area contributed by atoms with Gasteiger partial charge in [0.25, 0.3) is 0 Å². The minimum atomic E-state index is 0.426. The van der Waals surface area contributed by atoms with Crippen LogP contribution in [0.1, 0.15) is 72.1 Å². The van der Waals surface area contributed by atoms with E-state index in [1.807, 2.05) is 7.11 Å². The molecule has 112 valence electrons. The number of methoxy groups -OCH3 is 1. The summed E-state index contributed by atoms with van der Waals surface area (Å²) < 4.78 is 5.70. The quantitative estimate of drug-likeness (QED) is 0.830. The summed E-state index contributed by atoms with van der Waals surface area (Å²) in [6, 6.07) is 1.29. The fourth-order valence-corrected chi connectivity index (χ4v) is 4.21. The molecule has 2 aliphatic rings. The third-order valence-electron chi connectivity index (χ3n) is 5.31. The van der Waals surface area contributed by atoms with E-state index in [0.717, 1.165) is 5.92 Å². The van der Waals surface area contributed by atoms with Crippen molar-refractivity contribution in [1.82, 2.24) is 5.32 Å². The van der Waals surface area contributed by atoms with Crippen LogP contribution in [0.5, 0.6) is 0 Å². The lowest BCUT2D eigenvalue weighted by molar-refractivity contribution is 0.0236. The lowest BCUT2D eigenvalue weighted by Crippen LogP contribution is -2.53. The molecule has 0 saturated heterocycles. The first-order valence-electron chi connectivity index (χ1n) is 8.31. The van der Waals surface area contributed by atoms with E-state index in [1.165, 1.54) is 51.4 Å². The van der Waals surface area contributed by atoms with E-state index < -0.39 is 0 Å². The third kappa shape index (κ3) is 3.95. The van der Waals surface area contributed by atoms with Gasteiger partial charge in [0.15, 0.2) is 0 Å². The van der Waals surface area contributed by atoms with E-state index in [0.29, 0.717) is 23.6 Å². The molecule has 2 saturated carbocycles. The zero-order valence-corrected chi connectivity index (χ0v) is 13.4. The second kappa shape index (κ2) is 6.58. The van der Waals surface area contributed by atoms with Crippen molar-refractivity contribution < 1.29 is 4.74 Å². The Hall–Kier alpha value is -0.0800. The van der Waals surface area contributed by atoms with Crippen LogP contribution < -0.4 is 5.32 Å². The molecule has 2 rings (SSSR count). The van der Waals surface area contributed by atoms with E-state index in [2.05, 4.69) is 26.1 Å². The number of nitrogens with one attached hydrogen (secondary N) is 1. The van der Waals surface area contributed by atoms with Crippen molar-refractivity contribution in [3.63, 3.8) is 0 Å². The fourth-order valence-electron chi connectivity index (χ4n) is 4.21. The molecule has 4 unspecified atom stereocenters. The molecule has 0 aromatic carbocycles. The van der Waals surface area contributed by atoms with Gasteiger partial charge in [-0.2, -0.15) is 0 Å². The summed E-state index contributed by atoms with van der Waals surface area (Å²) in [6.45, 7) is 7.23. The molecule has 0 amide bonds. The smallest absolute Gasteiger partial charge is 0.0724 e. The SMILES string of the molecule is COC1CCCCC1NC1CCCCC1C(C)(C)C. The molecule has 2 nitrogen and oxygen atoms in total. The highest BCUT2D eigenvalue weighted by molar-refractivity contribution is 4.92. The zero-order chi connectivity index (χ0) is 13.9. The van der Waals surface area contributed by atoms with Gasteiger partial charge >= 0.3 is 0 Å². The number of hydrogen-bond acceptors (Lipinski definition) is 2. The Morgan fingerprint density at radius 3 is 2.05 bits per heavy atom. The van der Waals surface area contributed by atoms with E-state index >= 15 is 0 Å². The second-order valence-electron chi connectivity index (χ2n) is 7.70. The highest BCUT2D eigenvalue weighted by Crippen LogP contribution is 2.38. The van der Waals surface area contributed by atoms with Gasteiger partial charge in [-0.25, -0.2) is 0 Å². The summed E-state index contributed by atoms with van der Waals surface area (Å²) in [5, 5.41) is 3.99. The molecule has 0 aliphatic heterocycles. The molecule has 4 atom stereocenters. The highest BCUT2D eigenvalue weighted by Gasteiger charge is 2.36. The van der Waals surface area contributed by atoms with Crippen molar-refractivity contribution in [2.24, 2.45) is 11.3 Å². The van der Waals surface area contributed by atoms with Gasteiger partial charge < -0.3 is 10.1 Å². The van der Waals surface area contributed by atoms with Crippen LogP contribution in [0.25, 0.3) is 0 Å². The second-order valence-corrected chi connectivity index (χ2v) is 7.70. The minimum absolute atomic E-state index is 0.426. The fraction of sp³-hybridized carbons (Fsp3) is 1.00. The monoisotopic (exact) mass is 267 g/mol. The summed E-state index contributed by atoms with van der Waals surface area (Å²) in [6.07, 6.45) is 11.2. The molecule has 0 bridgehead atoms. The van der Waals surface area contributed by atoms with E-state index in [-0.39, 0.29) is 0 Å². The maximum absolute atomic E-state index is 5.70. The van der Waals surface area contributed by atoms with Gasteiger partial charge in [-0.15, -0.1) is 0 Å². The molecule has 0 spiro atoms. The predicted molar refractivity (Wildman–Crippen MR) is 81.4 cm³/mol. The Morgan fingerprint density at radius 2 is 1.42 bits per heavy atom. The average molecular weight is 267 g/mol. The normalized spacial score (nSPS) is 37.3. The van der Waals surface area contributed by atoms with Gasteiger partial charge in [0.05, 0.1) is 6.10 Å². The number of ether oxygens (including phenoxy) is 1. The van der Waals surface area contributed by atoms with Gasteiger partial charge in [0.1, 0.15) is 0 Å². The van der Waals surface area contributed by atoms with Crippen molar-refractivity contribution in [2.45, 2.75) is 90.3 Å². The van der Waals surface area contributed by atoms with E-state index in [4.69, 9.17) is 4.74 Å². The van der Waals surface area contributed by atoms with Crippen molar-refractivity contribution in [3.05, 3.63) is 0 Å². The van der Waals surface area contributed by atoms with Crippen LogP contribution in [-0.4, -0.2) is 25.3 Å². The molecule has 0 aromatic heterocycles. The number of hydrogen-bond donors (Lipinski definition) is 1. The molecule has 0 heterocycles. The Morgan fingerprint density at radius 1 is 0.842 bits per heavy atom. The summed E-state index contributed by atoms with van der Waals surface area (Å²) in [7, 11) is 1.88. The summed E-state index contributed by atoms with van der Waals surface area (Å²) in [5.74, 6) is 0.820. The maximum atomic E-state index is 5.70. The molecule has 0 radical (unpaired) electrons. The highest BCUT2D eigenvalue weighted by atomic mass is 16.5. The Bertz CT molecular complexity index is 271. The van der Waals surface area contributed by atoms with Crippen LogP contribution in [0.3, 0.4) is 0 Å². The minimum Gasteiger partial charge on any atom is -0.380 e. The first-order chi connectivity index (χ1) is 9.02. The molecule has 1 N–H and O–H groups in total. The van der Waals surface area contributed by atoms with Gasteiger partial charge in [-0.05, 0) is 37.0 Å². The Kier molecular flexibility index (Phi) is 5.30. The maximum Gasteiger partial charge on any atom is 0.0724 e. The molecule has 2 fully saturated rings. The molecule has 2 heteroatoms. The summed E-state index contributed by atoms with van der Waals surface area (Å²) in [5.41, 5.74) is 0.426. The largest absolute Gasteiger partial charge is 0.380 e. The zero-order valence-electron chi connectivity index (χ0n) is 13.4. The van der Waals surface area contributed by atoms with Crippen molar-refractivity contribution in [2.75, 3.05) is 7.11 Å². The van der Waals surface area contributed by atoms with Crippen LogP contribution in [0.2, 0.25) is 0 Å². The van der Waals surface area contributed by atoms with Gasteiger partial charge in [-0.1, -0.05) is 46.5 Å². The van der Waals surface area contributed by atoms with Crippen molar-refractivity contribution >= 4 is 0 Å². The molecular weight excluding hydrogens is 234 g/mol. The van der Waals surface area contributed by atoms with Gasteiger partial charge in [0.2, 0.25) is 0 Å². The third-order valence-corrected chi connectivity index (χ3v) is 5.31. The predicted octanol–water partition coefficient (Wildman–Crippen LogP) is 4.14. The van der Waals surface area contributed by atoms with Crippen LogP contribution in [0.4, 0.5) is 0 Å². The Labute approximate surface area is 119 Å². The van der Waals surface area contributed by atoms with Crippen LogP contribution in [-0.2, 0) is 4.74 Å². The topological polar surface area (TPSA) is 21.3 Å². The first kappa shape index (κ1) is 15.3. The van der Waals surface area contributed by atoms with Gasteiger partial charge in [0, 0.05) is 19.2 Å². The van der Waals surface area contributed by atoms with Crippen LogP contribution in [0, 0.1) is 11.3 Å².